The van der Waals surface area contributed by atoms with Gasteiger partial charge in [-0.15, -0.1) is 0 Å². The Hall–Kier alpha value is -3.12. The Labute approximate surface area is 235 Å². The van der Waals surface area contributed by atoms with E-state index in [0.717, 1.165) is 27.6 Å². The molecule has 2 atom stereocenters. The number of nitrogens with one attached hydrogen (secondary N) is 1. The minimum atomic E-state index is -0.685. The molecule has 202 valence electrons. The van der Waals surface area contributed by atoms with Crippen LogP contribution in [0.3, 0.4) is 0 Å². The average Bonchev–Trinajstić information content (AvgIpc) is 2.90. The molecule has 0 heterocycles. The van der Waals surface area contributed by atoms with E-state index in [-0.39, 0.29) is 24.5 Å². The van der Waals surface area contributed by atoms with Gasteiger partial charge in [0.15, 0.2) is 6.61 Å². The van der Waals surface area contributed by atoms with E-state index in [9.17, 15) is 9.59 Å². The minimum Gasteiger partial charge on any atom is -0.483 e. The summed E-state index contributed by atoms with van der Waals surface area (Å²) in [7, 11) is 0. The van der Waals surface area contributed by atoms with Crippen molar-refractivity contribution in [1.82, 2.24) is 10.2 Å². The molecule has 0 radical (unpaired) electrons. The quantitative estimate of drug-likeness (QED) is 0.256. The first-order valence-electron chi connectivity index (χ1n) is 13.3. The van der Waals surface area contributed by atoms with Crippen molar-refractivity contribution >= 4 is 27.7 Å². The fourth-order valence-corrected chi connectivity index (χ4v) is 4.73. The number of halogens is 1. The molecule has 6 heteroatoms. The zero-order chi connectivity index (χ0) is 27.7. The topological polar surface area (TPSA) is 58.6 Å². The summed E-state index contributed by atoms with van der Waals surface area (Å²) in [6.45, 7) is 10.4. The maximum absolute atomic E-state index is 13.8. The van der Waals surface area contributed by atoms with Gasteiger partial charge in [0.25, 0.3) is 5.91 Å². The third-order valence-corrected chi connectivity index (χ3v) is 7.30. The highest BCUT2D eigenvalue weighted by Crippen LogP contribution is 2.29. The predicted molar refractivity (Wildman–Crippen MR) is 157 cm³/mol. The van der Waals surface area contributed by atoms with Crippen molar-refractivity contribution < 1.29 is 14.3 Å². The Kier molecular flexibility index (Phi) is 11.0. The second-order valence-corrected chi connectivity index (χ2v) is 11.0. The van der Waals surface area contributed by atoms with E-state index in [0.29, 0.717) is 24.6 Å². The smallest absolute Gasteiger partial charge is 0.261 e. The first-order valence-corrected chi connectivity index (χ1v) is 14.1. The summed E-state index contributed by atoms with van der Waals surface area (Å²) in [4.78, 5) is 29.0. The monoisotopic (exact) mass is 578 g/mol. The van der Waals surface area contributed by atoms with Crippen LogP contribution in [-0.4, -0.2) is 35.4 Å². The molecule has 0 saturated carbocycles. The number of carbonyl (C=O) groups is 2. The fourth-order valence-electron chi connectivity index (χ4n) is 4.22. The van der Waals surface area contributed by atoms with Crippen LogP contribution in [0.4, 0.5) is 0 Å². The minimum absolute atomic E-state index is 0.00312. The predicted octanol–water partition coefficient (Wildman–Crippen LogP) is 6.81. The largest absolute Gasteiger partial charge is 0.483 e. The molecule has 0 aliphatic carbocycles. The zero-order valence-corrected chi connectivity index (χ0v) is 24.6. The van der Waals surface area contributed by atoms with Crippen LogP contribution in [0, 0.1) is 6.92 Å². The van der Waals surface area contributed by atoms with E-state index in [1.165, 1.54) is 5.56 Å². The van der Waals surface area contributed by atoms with E-state index in [2.05, 4.69) is 41.2 Å². The summed E-state index contributed by atoms with van der Waals surface area (Å²) in [6, 6.07) is 23.1. The van der Waals surface area contributed by atoms with Crippen LogP contribution in [0.15, 0.2) is 77.3 Å². The standard InChI is InChI=1S/C32H39BrN2O3/c1-6-24(5)34-32(37)29(18-25-12-8-7-9-13-25)35(20-26-14-10-11-23(4)17-26)31(36)21-38-30-16-15-27(22(2)3)19-28(30)33/h7-17,19,22,24,29H,6,18,20-21H2,1-5H3,(H,34,37)/t24-,29+/m0/s1. The molecular formula is C32H39BrN2O3. The molecule has 0 aliphatic heterocycles. The van der Waals surface area contributed by atoms with Crippen LogP contribution in [0.2, 0.25) is 0 Å². The van der Waals surface area contributed by atoms with Crippen LogP contribution in [0.1, 0.15) is 62.3 Å². The SMILES string of the molecule is CC[C@H](C)NC(=O)[C@@H](Cc1ccccc1)N(Cc1cccc(C)c1)C(=O)COc1ccc(C(C)C)cc1Br. The Morgan fingerprint density at radius 3 is 2.29 bits per heavy atom. The van der Waals surface area contributed by atoms with Gasteiger partial charge in [-0.3, -0.25) is 9.59 Å². The maximum atomic E-state index is 13.8. The van der Waals surface area contributed by atoms with Crippen LogP contribution in [-0.2, 0) is 22.6 Å². The van der Waals surface area contributed by atoms with Crippen LogP contribution < -0.4 is 10.1 Å². The van der Waals surface area contributed by atoms with Gasteiger partial charge in [0, 0.05) is 19.0 Å². The lowest BCUT2D eigenvalue weighted by Crippen LogP contribution is -2.53. The second-order valence-electron chi connectivity index (χ2n) is 10.2. The van der Waals surface area contributed by atoms with E-state index < -0.39 is 6.04 Å². The molecule has 0 spiro atoms. The van der Waals surface area contributed by atoms with Crippen molar-refractivity contribution in [2.75, 3.05) is 6.61 Å². The van der Waals surface area contributed by atoms with Gasteiger partial charge in [0.2, 0.25) is 5.91 Å². The van der Waals surface area contributed by atoms with Gasteiger partial charge < -0.3 is 15.0 Å². The number of ether oxygens (including phenoxy) is 1. The Bertz CT molecular complexity index is 1210. The van der Waals surface area contributed by atoms with Crippen LogP contribution >= 0.6 is 15.9 Å². The van der Waals surface area contributed by atoms with Crippen molar-refractivity contribution in [1.29, 1.82) is 0 Å². The fraction of sp³-hybridized carbons (Fsp3) is 0.375. The maximum Gasteiger partial charge on any atom is 0.261 e. The summed E-state index contributed by atoms with van der Waals surface area (Å²) in [5, 5.41) is 3.10. The van der Waals surface area contributed by atoms with Gasteiger partial charge in [-0.05, 0) is 70.9 Å². The van der Waals surface area contributed by atoms with Gasteiger partial charge in [-0.25, -0.2) is 0 Å². The molecule has 0 aromatic heterocycles. The molecule has 0 unspecified atom stereocenters. The molecule has 5 nitrogen and oxygen atoms in total. The van der Waals surface area contributed by atoms with E-state index in [1.54, 1.807) is 4.90 Å². The number of benzene rings is 3. The molecule has 3 aromatic rings. The number of nitrogens with zero attached hydrogens (tertiary/aromatic N) is 1. The Balaban J connectivity index is 1.91. The first-order chi connectivity index (χ1) is 18.2. The normalized spacial score (nSPS) is 12.6. The van der Waals surface area contributed by atoms with Gasteiger partial charge in [-0.1, -0.05) is 87.0 Å². The summed E-state index contributed by atoms with van der Waals surface area (Å²) in [6.07, 6.45) is 1.21. The van der Waals surface area contributed by atoms with Crippen LogP contribution in [0.25, 0.3) is 0 Å². The number of hydrogen-bond donors (Lipinski definition) is 1. The lowest BCUT2D eigenvalue weighted by Gasteiger charge is -2.32. The molecule has 3 rings (SSSR count). The number of carbonyl (C=O) groups excluding carboxylic acids is 2. The Morgan fingerprint density at radius 1 is 0.947 bits per heavy atom. The number of hydrogen-bond acceptors (Lipinski definition) is 3. The molecule has 0 bridgehead atoms. The molecular weight excluding hydrogens is 540 g/mol. The number of rotatable bonds is 12. The zero-order valence-electron chi connectivity index (χ0n) is 23.0. The van der Waals surface area contributed by atoms with E-state index in [1.807, 2.05) is 87.5 Å². The van der Waals surface area contributed by atoms with Crippen molar-refractivity contribution in [2.45, 2.75) is 72.0 Å². The third-order valence-electron chi connectivity index (χ3n) is 6.68. The average molecular weight is 580 g/mol. The van der Waals surface area contributed by atoms with Crippen LogP contribution in [0.5, 0.6) is 5.75 Å². The number of amides is 2. The van der Waals surface area contributed by atoms with Crippen molar-refractivity contribution in [2.24, 2.45) is 0 Å². The van der Waals surface area contributed by atoms with Crippen molar-refractivity contribution in [3.63, 3.8) is 0 Å². The van der Waals surface area contributed by atoms with E-state index >= 15 is 0 Å². The highest BCUT2D eigenvalue weighted by atomic mass is 79.9. The molecule has 0 aliphatic rings. The summed E-state index contributed by atoms with van der Waals surface area (Å²) in [5.41, 5.74) is 4.24. The summed E-state index contributed by atoms with van der Waals surface area (Å²) in [5.74, 6) is 0.578. The third kappa shape index (κ3) is 8.45. The molecule has 0 fully saturated rings. The van der Waals surface area contributed by atoms with Gasteiger partial charge in [-0.2, -0.15) is 0 Å². The molecule has 38 heavy (non-hydrogen) atoms. The van der Waals surface area contributed by atoms with Gasteiger partial charge in [0.1, 0.15) is 11.8 Å². The molecule has 1 N–H and O–H groups in total. The second kappa shape index (κ2) is 14.1. The summed E-state index contributed by atoms with van der Waals surface area (Å²) >= 11 is 3.58. The molecule has 3 aromatic carbocycles. The lowest BCUT2D eigenvalue weighted by atomic mass is 10.0. The number of aryl methyl sites for hydroxylation is 1. The molecule has 2 amide bonds. The lowest BCUT2D eigenvalue weighted by molar-refractivity contribution is -0.143. The Morgan fingerprint density at radius 2 is 1.66 bits per heavy atom. The van der Waals surface area contributed by atoms with Gasteiger partial charge >= 0.3 is 0 Å². The highest BCUT2D eigenvalue weighted by Gasteiger charge is 2.31. The van der Waals surface area contributed by atoms with Crippen molar-refractivity contribution in [3.05, 3.63) is 99.5 Å². The van der Waals surface area contributed by atoms with E-state index in [4.69, 9.17) is 4.74 Å². The first kappa shape index (κ1) is 29.4. The van der Waals surface area contributed by atoms with Gasteiger partial charge in [0.05, 0.1) is 4.47 Å². The molecule has 0 saturated heterocycles. The van der Waals surface area contributed by atoms with Crippen molar-refractivity contribution in [3.8, 4) is 5.75 Å². The summed E-state index contributed by atoms with van der Waals surface area (Å²) < 4.78 is 6.79. The highest BCUT2D eigenvalue weighted by molar-refractivity contribution is 9.10.